The summed E-state index contributed by atoms with van der Waals surface area (Å²) < 4.78 is 0. The van der Waals surface area contributed by atoms with Gasteiger partial charge in [0.25, 0.3) is 0 Å². The van der Waals surface area contributed by atoms with Gasteiger partial charge >= 0.3 is 0 Å². The molecule has 0 heterocycles. The van der Waals surface area contributed by atoms with Crippen molar-refractivity contribution in [3.8, 4) is 0 Å². The van der Waals surface area contributed by atoms with Gasteiger partial charge < -0.3 is 10.2 Å². The molecule has 0 bridgehead atoms. The topological polar surface area (TPSA) is 40.5 Å². The molecule has 4 aliphatic rings. The first kappa shape index (κ1) is 15.9. The van der Waals surface area contributed by atoms with E-state index in [2.05, 4.69) is 32.9 Å². The molecule has 0 aromatic rings. The molecule has 0 saturated heterocycles. The third-order valence-electron chi connectivity index (χ3n) is 8.27. The van der Waals surface area contributed by atoms with E-state index in [4.69, 9.17) is 0 Å². The standard InChI is InChI=1S/C21H32O2/c1-4-16-19(23)12-18-15-6-5-13-11-14(22)7-9-20(13,2)17(15)8-10-21(16,18)3/h4-5,14-15,17-19,22-23H,6-12H2,1-3H3/t14-,15?,17?,18?,19?,20-,21+/m0/s1. The number of allylic oxidation sites excluding steroid dienone is 2. The lowest BCUT2D eigenvalue weighted by molar-refractivity contribution is -0.0278. The molecule has 0 radical (unpaired) electrons. The number of hydrogen-bond donors (Lipinski definition) is 2. The fourth-order valence-electron chi connectivity index (χ4n) is 7.03. The van der Waals surface area contributed by atoms with Crippen molar-refractivity contribution in [1.29, 1.82) is 0 Å². The highest BCUT2D eigenvalue weighted by Gasteiger charge is 2.58. The molecule has 7 atom stereocenters. The van der Waals surface area contributed by atoms with Gasteiger partial charge in [0.15, 0.2) is 0 Å². The first-order valence-corrected chi connectivity index (χ1v) is 9.62. The second-order valence-corrected chi connectivity index (χ2v) is 9.11. The van der Waals surface area contributed by atoms with Gasteiger partial charge in [0.05, 0.1) is 12.2 Å². The van der Waals surface area contributed by atoms with Crippen LogP contribution in [0.3, 0.4) is 0 Å². The van der Waals surface area contributed by atoms with E-state index in [1.807, 2.05) is 0 Å². The zero-order valence-electron chi connectivity index (χ0n) is 14.9. The predicted molar refractivity (Wildman–Crippen MR) is 92.9 cm³/mol. The summed E-state index contributed by atoms with van der Waals surface area (Å²) >= 11 is 0. The fourth-order valence-corrected chi connectivity index (χ4v) is 7.03. The Hall–Kier alpha value is -0.600. The zero-order valence-corrected chi connectivity index (χ0v) is 14.9. The van der Waals surface area contributed by atoms with Crippen molar-refractivity contribution in [2.75, 3.05) is 0 Å². The van der Waals surface area contributed by atoms with Gasteiger partial charge in [0, 0.05) is 0 Å². The third-order valence-corrected chi connectivity index (χ3v) is 8.27. The first-order valence-electron chi connectivity index (χ1n) is 9.62. The van der Waals surface area contributed by atoms with Crippen LogP contribution in [0.2, 0.25) is 0 Å². The van der Waals surface area contributed by atoms with Crippen LogP contribution < -0.4 is 0 Å². The minimum Gasteiger partial charge on any atom is -0.393 e. The van der Waals surface area contributed by atoms with Gasteiger partial charge in [0.2, 0.25) is 0 Å². The molecule has 0 spiro atoms. The van der Waals surface area contributed by atoms with Crippen molar-refractivity contribution >= 4 is 0 Å². The number of rotatable bonds is 0. The summed E-state index contributed by atoms with van der Waals surface area (Å²) in [5.74, 6) is 2.09. The second kappa shape index (κ2) is 5.20. The third kappa shape index (κ3) is 2.07. The smallest absolute Gasteiger partial charge is 0.0758 e. The van der Waals surface area contributed by atoms with E-state index in [1.54, 1.807) is 0 Å². The molecule has 0 aromatic heterocycles. The van der Waals surface area contributed by atoms with Gasteiger partial charge in [-0.25, -0.2) is 0 Å². The minimum absolute atomic E-state index is 0.123. The van der Waals surface area contributed by atoms with Crippen molar-refractivity contribution in [2.24, 2.45) is 28.6 Å². The first-order chi connectivity index (χ1) is 10.9. The summed E-state index contributed by atoms with van der Waals surface area (Å²) in [4.78, 5) is 0. The molecule has 3 fully saturated rings. The summed E-state index contributed by atoms with van der Waals surface area (Å²) in [5, 5.41) is 20.7. The second-order valence-electron chi connectivity index (χ2n) is 9.11. The van der Waals surface area contributed by atoms with Crippen LogP contribution in [-0.2, 0) is 0 Å². The van der Waals surface area contributed by atoms with Crippen molar-refractivity contribution in [2.45, 2.75) is 77.9 Å². The van der Waals surface area contributed by atoms with Crippen LogP contribution in [-0.4, -0.2) is 22.4 Å². The van der Waals surface area contributed by atoms with Crippen LogP contribution in [0.25, 0.3) is 0 Å². The number of hydrogen-bond acceptors (Lipinski definition) is 2. The minimum atomic E-state index is -0.222. The van der Waals surface area contributed by atoms with E-state index < -0.39 is 0 Å². The molecule has 0 amide bonds. The predicted octanol–water partition coefficient (Wildman–Crippen LogP) is 4.23. The quantitative estimate of drug-likeness (QED) is 0.657. The molecule has 2 N–H and O–H groups in total. The molecule has 3 saturated carbocycles. The average Bonchev–Trinajstić information content (AvgIpc) is 2.77. The normalized spacial score (nSPS) is 54.2. The van der Waals surface area contributed by atoms with Gasteiger partial charge in [-0.2, -0.15) is 0 Å². The molecule has 2 nitrogen and oxygen atoms in total. The molecule has 4 rings (SSSR count). The van der Waals surface area contributed by atoms with E-state index in [0.717, 1.165) is 38.0 Å². The van der Waals surface area contributed by atoms with Crippen LogP contribution in [0.4, 0.5) is 0 Å². The molecule has 4 unspecified atom stereocenters. The summed E-state index contributed by atoms with van der Waals surface area (Å²) in [5.41, 5.74) is 3.35. The molecule has 2 heteroatoms. The monoisotopic (exact) mass is 316 g/mol. The maximum Gasteiger partial charge on any atom is 0.0758 e. The van der Waals surface area contributed by atoms with Crippen molar-refractivity contribution in [3.05, 3.63) is 23.3 Å². The van der Waals surface area contributed by atoms with Crippen molar-refractivity contribution in [1.82, 2.24) is 0 Å². The number of fused-ring (bicyclic) bond motifs is 5. The summed E-state index contributed by atoms with van der Waals surface area (Å²) in [6, 6.07) is 0. The van der Waals surface area contributed by atoms with Crippen LogP contribution in [0.5, 0.6) is 0 Å². The van der Waals surface area contributed by atoms with Crippen molar-refractivity contribution in [3.63, 3.8) is 0 Å². The Morgan fingerprint density at radius 3 is 2.57 bits per heavy atom. The Bertz CT molecular complexity index is 562. The lowest BCUT2D eigenvalue weighted by Crippen LogP contribution is -2.49. The molecule has 23 heavy (non-hydrogen) atoms. The van der Waals surface area contributed by atoms with Gasteiger partial charge in [-0.05, 0) is 86.0 Å². The maximum absolute atomic E-state index is 10.6. The van der Waals surface area contributed by atoms with E-state index >= 15 is 0 Å². The highest BCUT2D eigenvalue weighted by molar-refractivity contribution is 5.31. The number of aliphatic hydroxyl groups excluding tert-OH is 2. The van der Waals surface area contributed by atoms with Gasteiger partial charge in [-0.3, -0.25) is 0 Å². The Morgan fingerprint density at radius 1 is 1.09 bits per heavy atom. The lowest BCUT2D eigenvalue weighted by Gasteiger charge is -2.57. The van der Waals surface area contributed by atoms with E-state index in [9.17, 15) is 10.2 Å². The average molecular weight is 316 g/mol. The summed E-state index contributed by atoms with van der Waals surface area (Å²) in [6.45, 7) is 6.97. The number of aliphatic hydroxyl groups is 2. The molecule has 128 valence electrons. The molecular formula is C21H32O2. The van der Waals surface area contributed by atoms with E-state index in [1.165, 1.54) is 24.0 Å². The largest absolute Gasteiger partial charge is 0.393 e. The Kier molecular flexibility index (Phi) is 3.59. The highest BCUT2D eigenvalue weighted by Crippen LogP contribution is 2.66. The molecule has 0 aromatic carbocycles. The maximum atomic E-state index is 10.6. The molecular weight excluding hydrogens is 284 g/mol. The van der Waals surface area contributed by atoms with Crippen molar-refractivity contribution < 1.29 is 10.2 Å². The highest BCUT2D eigenvalue weighted by atomic mass is 16.3. The van der Waals surface area contributed by atoms with Crippen LogP contribution in [0.1, 0.15) is 65.7 Å². The van der Waals surface area contributed by atoms with Crippen LogP contribution >= 0.6 is 0 Å². The van der Waals surface area contributed by atoms with Gasteiger partial charge in [0.1, 0.15) is 0 Å². The molecule has 4 aliphatic carbocycles. The SMILES string of the molecule is CC=C1C(O)CC2C3CC=C4C[C@@H](O)CC[C@]4(C)C3CC[C@]12C. The van der Waals surface area contributed by atoms with Crippen LogP contribution in [0, 0.1) is 28.6 Å². The summed E-state index contributed by atoms with van der Waals surface area (Å²) in [6.07, 6.45) is 11.9. The van der Waals surface area contributed by atoms with Crippen LogP contribution in [0.15, 0.2) is 23.3 Å². The zero-order chi connectivity index (χ0) is 16.4. The lowest BCUT2D eigenvalue weighted by atomic mass is 9.48. The van der Waals surface area contributed by atoms with E-state index in [-0.39, 0.29) is 17.6 Å². The molecule has 0 aliphatic heterocycles. The Morgan fingerprint density at radius 2 is 1.83 bits per heavy atom. The summed E-state index contributed by atoms with van der Waals surface area (Å²) in [7, 11) is 0. The Labute approximate surface area is 140 Å². The Balaban J connectivity index is 1.70. The fraction of sp³-hybridized carbons (Fsp3) is 0.810. The van der Waals surface area contributed by atoms with Gasteiger partial charge in [-0.1, -0.05) is 31.6 Å². The van der Waals surface area contributed by atoms with E-state index in [0.29, 0.717) is 17.3 Å². The van der Waals surface area contributed by atoms with Gasteiger partial charge in [-0.15, -0.1) is 0 Å².